The van der Waals surface area contributed by atoms with E-state index in [9.17, 15) is 23.9 Å². The molecule has 0 radical (unpaired) electrons. The molecular weight excluding hydrogens is 491 g/mol. The number of carbonyl (C=O) groups is 3. The third kappa shape index (κ3) is 5.61. The van der Waals surface area contributed by atoms with E-state index in [-0.39, 0.29) is 34.9 Å². The number of halogens is 1. The summed E-state index contributed by atoms with van der Waals surface area (Å²) in [6, 6.07) is 12.5. The normalized spacial score (nSPS) is 17.1. The van der Waals surface area contributed by atoms with Gasteiger partial charge in [-0.05, 0) is 62.1 Å². The lowest BCUT2D eigenvalue weighted by atomic mass is 9.91. The first-order valence-corrected chi connectivity index (χ1v) is 12.2. The van der Waals surface area contributed by atoms with Crippen molar-refractivity contribution in [1.82, 2.24) is 25.0 Å². The standard InChI is InChI=1S/C27H25FN6O4/c28-17-13-21(24(29-14-17)30-20-5-3-4-16(12-20)27(37)38)25(35)31-18-7-9-19(10-8-18)32-26(36)22-15-34-11-2-1-6-23(34)33-22/h1-6,11-15,18-19H,7-10H2,(H,29,30)(H,31,35)(H,32,36)(H,37,38)/t18-,19+. The number of hydrogen-bond acceptors (Lipinski definition) is 6. The minimum Gasteiger partial charge on any atom is -0.478 e. The van der Waals surface area contributed by atoms with Crippen molar-refractivity contribution in [3.8, 4) is 0 Å². The fraction of sp³-hybridized carbons (Fsp3) is 0.222. The summed E-state index contributed by atoms with van der Waals surface area (Å²) in [5, 5.41) is 18.1. The van der Waals surface area contributed by atoms with Crippen molar-refractivity contribution in [3.05, 3.63) is 89.8 Å². The molecule has 3 heterocycles. The maximum atomic E-state index is 14.0. The number of carboxylic acids is 1. The molecule has 0 aliphatic heterocycles. The number of rotatable bonds is 7. The summed E-state index contributed by atoms with van der Waals surface area (Å²) in [6.45, 7) is 0. The summed E-state index contributed by atoms with van der Waals surface area (Å²) in [6.07, 6.45) is 7.10. The number of anilines is 2. The number of aromatic carboxylic acids is 1. The van der Waals surface area contributed by atoms with Crippen molar-refractivity contribution >= 4 is 34.9 Å². The first-order chi connectivity index (χ1) is 18.4. The maximum absolute atomic E-state index is 14.0. The van der Waals surface area contributed by atoms with Crippen LogP contribution in [0.25, 0.3) is 5.65 Å². The number of amides is 2. The Labute approximate surface area is 216 Å². The lowest BCUT2D eigenvalue weighted by Crippen LogP contribution is -2.44. The van der Waals surface area contributed by atoms with Gasteiger partial charge < -0.3 is 25.5 Å². The molecule has 10 nitrogen and oxygen atoms in total. The molecule has 38 heavy (non-hydrogen) atoms. The van der Waals surface area contributed by atoms with Gasteiger partial charge in [0.15, 0.2) is 0 Å². The maximum Gasteiger partial charge on any atom is 0.335 e. The Balaban J connectivity index is 1.19. The SMILES string of the molecule is O=C(O)c1cccc(Nc2ncc(F)cc2C(=O)N[C@H]2CC[C@@H](NC(=O)c3cn4ccccc4n3)CC2)c1. The topological polar surface area (TPSA) is 138 Å². The molecule has 1 fully saturated rings. The monoisotopic (exact) mass is 516 g/mol. The number of benzene rings is 1. The number of hydrogen-bond donors (Lipinski definition) is 4. The second kappa shape index (κ2) is 10.7. The van der Waals surface area contributed by atoms with Crippen LogP contribution in [0.5, 0.6) is 0 Å². The molecule has 5 rings (SSSR count). The van der Waals surface area contributed by atoms with E-state index in [0.29, 0.717) is 42.7 Å². The van der Waals surface area contributed by atoms with Gasteiger partial charge in [-0.25, -0.2) is 19.2 Å². The molecule has 1 aliphatic rings. The van der Waals surface area contributed by atoms with E-state index in [1.807, 2.05) is 24.4 Å². The van der Waals surface area contributed by atoms with Crippen LogP contribution in [0.4, 0.5) is 15.9 Å². The fourth-order valence-corrected chi connectivity index (χ4v) is 4.53. The van der Waals surface area contributed by atoms with Gasteiger partial charge in [-0.15, -0.1) is 0 Å². The van der Waals surface area contributed by atoms with Gasteiger partial charge in [0.2, 0.25) is 0 Å². The van der Waals surface area contributed by atoms with Crippen molar-refractivity contribution in [1.29, 1.82) is 0 Å². The molecule has 2 amide bonds. The third-order valence-corrected chi connectivity index (χ3v) is 6.47. The lowest BCUT2D eigenvalue weighted by Gasteiger charge is -2.29. The molecular formula is C27H25FN6O4. The summed E-state index contributed by atoms with van der Waals surface area (Å²) in [4.78, 5) is 45.3. The lowest BCUT2D eigenvalue weighted by molar-refractivity contribution is 0.0696. The molecule has 1 aliphatic carbocycles. The van der Waals surface area contributed by atoms with Crippen LogP contribution >= 0.6 is 0 Å². The molecule has 0 unspecified atom stereocenters. The Kier molecular flexibility index (Phi) is 6.98. The minimum atomic E-state index is -1.09. The molecule has 3 aromatic heterocycles. The molecule has 194 valence electrons. The Morgan fingerprint density at radius 2 is 1.68 bits per heavy atom. The quantitative estimate of drug-likeness (QED) is 0.293. The van der Waals surface area contributed by atoms with Gasteiger partial charge >= 0.3 is 5.97 Å². The molecule has 11 heteroatoms. The van der Waals surface area contributed by atoms with Crippen LogP contribution in [0.3, 0.4) is 0 Å². The zero-order chi connectivity index (χ0) is 26.6. The van der Waals surface area contributed by atoms with Crippen LogP contribution in [-0.2, 0) is 0 Å². The molecule has 0 saturated heterocycles. The van der Waals surface area contributed by atoms with E-state index in [2.05, 4.69) is 25.9 Å². The zero-order valence-electron chi connectivity index (χ0n) is 20.2. The second-order valence-corrected chi connectivity index (χ2v) is 9.15. The minimum absolute atomic E-state index is 0.00741. The number of fused-ring (bicyclic) bond motifs is 1. The number of nitrogens with zero attached hydrogens (tertiary/aromatic N) is 3. The summed E-state index contributed by atoms with van der Waals surface area (Å²) < 4.78 is 15.8. The summed E-state index contributed by atoms with van der Waals surface area (Å²) in [5.41, 5.74) is 1.51. The Bertz CT molecular complexity index is 1480. The Morgan fingerprint density at radius 1 is 0.947 bits per heavy atom. The number of aromatic nitrogens is 3. The first kappa shape index (κ1) is 24.9. The van der Waals surface area contributed by atoms with Gasteiger partial charge in [0.05, 0.1) is 17.3 Å². The highest BCUT2D eigenvalue weighted by Gasteiger charge is 2.26. The van der Waals surface area contributed by atoms with Crippen LogP contribution in [0.2, 0.25) is 0 Å². The van der Waals surface area contributed by atoms with Gasteiger partial charge in [-0.3, -0.25) is 9.59 Å². The van der Waals surface area contributed by atoms with E-state index in [4.69, 9.17) is 0 Å². The third-order valence-electron chi connectivity index (χ3n) is 6.47. The Morgan fingerprint density at radius 3 is 2.39 bits per heavy atom. The van der Waals surface area contributed by atoms with Gasteiger partial charge in [0.25, 0.3) is 11.8 Å². The molecule has 0 spiro atoms. The highest BCUT2D eigenvalue weighted by Crippen LogP contribution is 2.23. The van der Waals surface area contributed by atoms with Crippen molar-refractivity contribution < 1.29 is 23.9 Å². The molecule has 4 N–H and O–H groups in total. The predicted molar refractivity (Wildman–Crippen MR) is 137 cm³/mol. The average Bonchev–Trinajstić information content (AvgIpc) is 3.36. The smallest absolute Gasteiger partial charge is 0.335 e. The predicted octanol–water partition coefficient (Wildman–Crippen LogP) is 3.78. The van der Waals surface area contributed by atoms with E-state index in [0.717, 1.165) is 12.3 Å². The van der Waals surface area contributed by atoms with Crippen LogP contribution in [0.1, 0.15) is 56.9 Å². The molecule has 0 bridgehead atoms. The van der Waals surface area contributed by atoms with E-state index >= 15 is 0 Å². The van der Waals surface area contributed by atoms with Crippen molar-refractivity contribution in [2.75, 3.05) is 5.32 Å². The summed E-state index contributed by atoms with van der Waals surface area (Å²) in [7, 11) is 0. The van der Waals surface area contributed by atoms with Crippen molar-refractivity contribution in [3.63, 3.8) is 0 Å². The van der Waals surface area contributed by atoms with E-state index < -0.39 is 17.7 Å². The van der Waals surface area contributed by atoms with Crippen molar-refractivity contribution in [2.24, 2.45) is 0 Å². The number of imidazole rings is 1. The summed E-state index contributed by atoms with van der Waals surface area (Å²) >= 11 is 0. The molecule has 0 atom stereocenters. The van der Waals surface area contributed by atoms with Crippen LogP contribution < -0.4 is 16.0 Å². The van der Waals surface area contributed by atoms with Crippen LogP contribution in [0.15, 0.2) is 67.1 Å². The number of carbonyl (C=O) groups excluding carboxylic acids is 2. The van der Waals surface area contributed by atoms with Crippen molar-refractivity contribution in [2.45, 2.75) is 37.8 Å². The Hall–Kier alpha value is -4.80. The summed E-state index contributed by atoms with van der Waals surface area (Å²) in [5.74, 6) is -2.39. The van der Waals surface area contributed by atoms with Gasteiger partial charge in [0, 0.05) is 30.2 Å². The molecule has 4 aromatic rings. The van der Waals surface area contributed by atoms with Crippen LogP contribution in [0, 0.1) is 5.82 Å². The molecule has 1 saturated carbocycles. The van der Waals surface area contributed by atoms with Crippen LogP contribution in [-0.4, -0.2) is 49.3 Å². The highest BCUT2D eigenvalue weighted by atomic mass is 19.1. The number of nitrogens with one attached hydrogen (secondary N) is 3. The molecule has 1 aromatic carbocycles. The van der Waals surface area contributed by atoms with Gasteiger partial charge in [-0.1, -0.05) is 12.1 Å². The van der Waals surface area contributed by atoms with Gasteiger partial charge in [-0.2, -0.15) is 0 Å². The van der Waals surface area contributed by atoms with E-state index in [1.54, 1.807) is 22.7 Å². The second-order valence-electron chi connectivity index (χ2n) is 9.15. The largest absolute Gasteiger partial charge is 0.478 e. The number of pyridine rings is 2. The zero-order valence-corrected chi connectivity index (χ0v) is 20.2. The fourth-order valence-electron chi connectivity index (χ4n) is 4.53. The number of carboxylic acid groups (broad SMARTS) is 1. The highest BCUT2D eigenvalue weighted by molar-refractivity contribution is 5.99. The first-order valence-electron chi connectivity index (χ1n) is 12.2. The van der Waals surface area contributed by atoms with Gasteiger partial charge in [0.1, 0.15) is 23.0 Å². The average molecular weight is 517 g/mol. The van der Waals surface area contributed by atoms with E-state index in [1.165, 1.54) is 12.1 Å².